The van der Waals surface area contributed by atoms with Gasteiger partial charge in [0.15, 0.2) is 0 Å². The lowest BCUT2D eigenvalue weighted by Gasteiger charge is -2.00. The number of aromatic nitrogens is 4. The maximum absolute atomic E-state index is 9.69. The first kappa shape index (κ1) is 13.0. The third-order valence-electron chi connectivity index (χ3n) is 2.89. The zero-order valence-corrected chi connectivity index (χ0v) is 11.7. The van der Waals surface area contributed by atoms with Gasteiger partial charge in [-0.1, -0.05) is 18.2 Å². The van der Waals surface area contributed by atoms with Gasteiger partial charge in [-0.05, 0) is 17.9 Å². The van der Waals surface area contributed by atoms with Crippen LogP contribution in [0.15, 0.2) is 34.4 Å². The molecule has 1 atom stereocenters. The minimum Gasteiger partial charge on any atom is -0.443 e. The van der Waals surface area contributed by atoms with Crippen LogP contribution in [0.1, 0.15) is 30.8 Å². The number of oxazole rings is 1. The second-order valence-electron chi connectivity index (χ2n) is 4.39. The van der Waals surface area contributed by atoms with Crippen molar-refractivity contribution in [3.05, 3.63) is 41.4 Å². The first-order valence-electron chi connectivity index (χ1n) is 6.32. The molecule has 3 heterocycles. The van der Waals surface area contributed by atoms with Crippen LogP contribution in [-0.2, 0) is 6.54 Å². The molecule has 1 unspecified atom stereocenters. The van der Waals surface area contributed by atoms with E-state index in [1.165, 1.54) is 0 Å². The van der Waals surface area contributed by atoms with Gasteiger partial charge in [0.1, 0.15) is 17.7 Å². The third kappa shape index (κ3) is 2.63. The number of aliphatic hydroxyl groups excluding tert-OH is 1. The second kappa shape index (κ2) is 5.56. The lowest BCUT2D eigenvalue weighted by Crippen LogP contribution is -2.00. The quantitative estimate of drug-likeness (QED) is 0.781. The van der Waals surface area contributed by atoms with Crippen molar-refractivity contribution < 1.29 is 9.52 Å². The fourth-order valence-electron chi connectivity index (χ4n) is 1.81. The average Bonchev–Trinajstić information content (AvgIpc) is 3.19. The predicted molar refractivity (Wildman–Crippen MR) is 74.2 cm³/mol. The summed E-state index contributed by atoms with van der Waals surface area (Å²) < 4.78 is 7.09. The number of nitrogens with zero attached hydrogens (tertiary/aromatic N) is 4. The Morgan fingerprint density at radius 3 is 3.15 bits per heavy atom. The van der Waals surface area contributed by atoms with Gasteiger partial charge >= 0.3 is 0 Å². The Labute approximate surface area is 119 Å². The molecule has 3 rings (SSSR count). The molecule has 20 heavy (non-hydrogen) atoms. The molecule has 3 aromatic heterocycles. The number of hydrogen-bond donors (Lipinski definition) is 1. The van der Waals surface area contributed by atoms with E-state index in [1.54, 1.807) is 28.5 Å². The SMILES string of the molecule is CCC(O)c1cn(Cc2coc(-c3cccs3)n2)nn1. The Morgan fingerprint density at radius 1 is 1.50 bits per heavy atom. The van der Waals surface area contributed by atoms with E-state index in [0.29, 0.717) is 24.6 Å². The maximum Gasteiger partial charge on any atom is 0.236 e. The molecular weight excluding hydrogens is 276 g/mol. The molecule has 0 aliphatic rings. The first-order valence-corrected chi connectivity index (χ1v) is 7.20. The zero-order chi connectivity index (χ0) is 13.9. The molecule has 104 valence electrons. The summed E-state index contributed by atoms with van der Waals surface area (Å²) >= 11 is 1.58. The molecule has 0 aliphatic heterocycles. The fourth-order valence-corrected chi connectivity index (χ4v) is 2.47. The van der Waals surface area contributed by atoms with Crippen LogP contribution < -0.4 is 0 Å². The Hall–Kier alpha value is -1.99. The van der Waals surface area contributed by atoms with E-state index in [9.17, 15) is 5.11 Å². The Bertz CT molecular complexity index is 674. The van der Waals surface area contributed by atoms with Gasteiger partial charge in [0, 0.05) is 0 Å². The monoisotopic (exact) mass is 290 g/mol. The zero-order valence-electron chi connectivity index (χ0n) is 10.9. The molecule has 6 nitrogen and oxygen atoms in total. The maximum atomic E-state index is 9.69. The van der Waals surface area contributed by atoms with E-state index >= 15 is 0 Å². The van der Waals surface area contributed by atoms with Crippen molar-refractivity contribution in [3.63, 3.8) is 0 Å². The van der Waals surface area contributed by atoms with E-state index in [-0.39, 0.29) is 0 Å². The van der Waals surface area contributed by atoms with Crippen molar-refractivity contribution in [1.29, 1.82) is 0 Å². The van der Waals surface area contributed by atoms with Crippen molar-refractivity contribution in [2.45, 2.75) is 26.0 Å². The summed E-state index contributed by atoms with van der Waals surface area (Å²) in [6.07, 6.45) is 3.40. The summed E-state index contributed by atoms with van der Waals surface area (Å²) in [5, 5.41) is 19.6. The van der Waals surface area contributed by atoms with Gasteiger partial charge in [-0.25, -0.2) is 9.67 Å². The van der Waals surface area contributed by atoms with Crippen molar-refractivity contribution in [3.8, 4) is 10.8 Å². The molecule has 0 fully saturated rings. The van der Waals surface area contributed by atoms with Crippen LogP contribution in [0.4, 0.5) is 0 Å². The molecule has 0 amide bonds. The highest BCUT2D eigenvalue weighted by molar-refractivity contribution is 7.13. The van der Waals surface area contributed by atoms with Crippen LogP contribution in [-0.4, -0.2) is 25.1 Å². The summed E-state index contributed by atoms with van der Waals surface area (Å²) in [7, 11) is 0. The van der Waals surface area contributed by atoms with Gasteiger partial charge in [0.05, 0.1) is 23.7 Å². The Morgan fingerprint density at radius 2 is 2.40 bits per heavy atom. The molecular formula is C13H14N4O2S. The third-order valence-corrected chi connectivity index (χ3v) is 3.75. The van der Waals surface area contributed by atoms with Gasteiger partial charge in [-0.2, -0.15) is 0 Å². The number of hydrogen-bond acceptors (Lipinski definition) is 6. The van der Waals surface area contributed by atoms with Crippen LogP contribution in [0.3, 0.4) is 0 Å². The molecule has 1 N–H and O–H groups in total. The Kier molecular flexibility index (Phi) is 3.62. The van der Waals surface area contributed by atoms with E-state index < -0.39 is 6.10 Å². The summed E-state index contributed by atoms with van der Waals surface area (Å²) in [5.41, 5.74) is 1.35. The minimum absolute atomic E-state index is 0.471. The topological polar surface area (TPSA) is 77.0 Å². The van der Waals surface area contributed by atoms with Gasteiger partial charge in [0.25, 0.3) is 0 Å². The molecule has 0 aliphatic carbocycles. The number of thiophene rings is 1. The highest BCUT2D eigenvalue weighted by atomic mass is 32.1. The van der Waals surface area contributed by atoms with Crippen molar-refractivity contribution in [1.82, 2.24) is 20.0 Å². The Balaban J connectivity index is 1.73. The van der Waals surface area contributed by atoms with Crippen molar-refractivity contribution in [2.24, 2.45) is 0 Å². The second-order valence-corrected chi connectivity index (χ2v) is 5.33. The molecule has 0 saturated heterocycles. The fraction of sp³-hybridized carbons (Fsp3) is 0.308. The molecule has 0 spiro atoms. The van der Waals surface area contributed by atoms with Crippen LogP contribution in [0.5, 0.6) is 0 Å². The summed E-state index contributed by atoms with van der Waals surface area (Å²) in [5.74, 6) is 0.615. The van der Waals surface area contributed by atoms with E-state index in [4.69, 9.17) is 4.42 Å². The van der Waals surface area contributed by atoms with Gasteiger partial charge < -0.3 is 9.52 Å². The van der Waals surface area contributed by atoms with E-state index in [1.807, 2.05) is 24.4 Å². The summed E-state index contributed by atoms with van der Waals surface area (Å²) in [6.45, 7) is 2.37. The smallest absolute Gasteiger partial charge is 0.236 e. The van der Waals surface area contributed by atoms with Crippen LogP contribution in [0.2, 0.25) is 0 Å². The predicted octanol–water partition coefficient (Wildman–Crippen LogP) is 2.49. The minimum atomic E-state index is -0.567. The lowest BCUT2D eigenvalue weighted by molar-refractivity contribution is 0.168. The summed E-state index contributed by atoms with van der Waals surface area (Å²) in [6, 6.07) is 3.92. The van der Waals surface area contributed by atoms with Gasteiger partial charge in [-0.3, -0.25) is 0 Å². The average molecular weight is 290 g/mol. The van der Waals surface area contributed by atoms with Crippen LogP contribution >= 0.6 is 11.3 Å². The molecule has 7 heteroatoms. The normalized spacial score (nSPS) is 12.7. The number of aliphatic hydroxyl groups is 1. The molecule has 0 aromatic carbocycles. The highest BCUT2D eigenvalue weighted by Gasteiger charge is 2.12. The first-order chi connectivity index (χ1) is 9.76. The highest BCUT2D eigenvalue weighted by Crippen LogP contribution is 2.23. The standard InChI is InChI=1S/C13H14N4O2S/c1-2-11(18)10-7-17(16-15-10)6-9-8-19-13(14-9)12-4-3-5-20-12/h3-5,7-8,11,18H,2,6H2,1H3. The van der Waals surface area contributed by atoms with Gasteiger partial charge in [-0.15, -0.1) is 16.4 Å². The largest absolute Gasteiger partial charge is 0.443 e. The molecule has 0 bridgehead atoms. The molecule has 3 aromatic rings. The molecule has 0 saturated carbocycles. The number of rotatable bonds is 5. The van der Waals surface area contributed by atoms with E-state index in [0.717, 1.165) is 10.6 Å². The van der Waals surface area contributed by atoms with Crippen LogP contribution in [0.25, 0.3) is 10.8 Å². The summed E-state index contributed by atoms with van der Waals surface area (Å²) in [4.78, 5) is 5.41. The van der Waals surface area contributed by atoms with Crippen molar-refractivity contribution >= 4 is 11.3 Å². The van der Waals surface area contributed by atoms with E-state index in [2.05, 4.69) is 15.3 Å². The van der Waals surface area contributed by atoms with Gasteiger partial charge in [0.2, 0.25) is 5.89 Å². The lowest BCUT2D eigenvalue weighted by atomic mass is 10.2. The molecule has 0 radical (unpaired) electrons. The van der Waals surface area contributed by atoms with Crippen molar-refractivity contribution in [2.75, 3.05) is 0 Å². The van der Waals surface area contributed by atoms with Crippen LogP contribution in [0, 0.1) is 0 Å².